The summed E-state index contributed by atoms with van der Waals surface area (Å²) in [6, 6.07) is 16.6. The second-order valence-electron chi connectivity index (χ2n) is 4.46. The van der Waals surface area contributed by atoms with Crippen molar-refractivity contribution in [3.8, 4) is 0 Å². The number of hydrogen-bond acceptors (Lipinski definition) is 3. The van der Waals surface area contributed by atoms with E-state index in [1.165, 1.54) is 17.7 Å². The third-order valence-electron chi connectivity index (χ3n) is 3.08. The maximum Gasteiger partial charge on any atom is 0.269 e. The molecule has 4 heteroatoms. The third-order valence-corrected chi connectivity index (χ3v) is 3.08. The fourth-order valence-electron chi connectivity index (χ4n) is 1.96. The van der Waals surface area contributed by atoms with Gasteiger partial charge in [0.15, 0.2) is 0 Å². The van der Waals surface area contributed by atoms with Gasteiger partial charge in [-0.3, -0.25) is 15.1 Å². The second kappa shape index (κ2) is 6.61. The van der Waals surface area contributed by atoms with Gasteiger partial charge in [0.2, 0.25) is 0 Å². The summed E-state index contributed by atoms with van der Waals surface area (Å²) in [5.41, 5.74) is 2.13. The number of nitrogens with zero attached hydrogens (tertiary/aromatic N) is 2. The summed E-state index contributed by atoms with van der Waals surface area (Å²) in [6.45, 7) is 2.09. The van der Waals surface area contributed by atoms with Gasteiger partial charge in [0.05, 0.1) is 11.0 Å². The Morgan fingerprint density at radius 3 is 2.35 bits per heavy atom. The average Bonchev–Trinajstić information content (AvgIpc) is 2.49. The molecule has 0 unspecified atom stereocenters. The minimum Gasteiger partial charge on any atom is -0.284 e. The highest BCUT2D eigenvalue weighted by Gasteiger charge is 2.06. The van der Waals surface area contributed by atoms with Gasteiger partial charge in [-0.2, -0.15) is 0 Å². The highest BCUT2D eigenvalue weighted by atomic mass is 16.6. The Morgan fingerprint density at radius 1 is 1.15 bits per heavy atom. The quantitative estimate of drug-likeness (QED) is 0.464. The van der Waals surface area contributed by atoms with Gasteiger partial charge in [0, 0.05) is 18.3 Å². The van der Waals surface area contributed by atoms with Crippen molar-refractivity contribution < 1.29 is 4.92 Å². The van der Waals surface area contributed by atoms with Crippen LogP contribution in [0.2, 0.25) is 0 Å². The van der Waals surface area contributed by atoms with Gasteiger partial charge in [0.25, 0.3) is 5.69 Å². The van der Waals surface area contributed by atoms with Gasteiger partial charge in [-0.15, -0.1) is 0 Å². The molecular weight excluding hydrogens is 252 g/mol. The minimum absolute atomic E-state index is 0.0947. The van der Waals surface area contributed by atoms with E-state index in [2.05, 4.69) is 24.0 Å². The molecule has 0 spiro atoms. The molecule has 4 nitrogen and oxygen atoms in total. The molecule has 2 aromatic rings. The second-order valence-corrected chi connectivity index (χ2v) is 4.46. The highest BCUT2D eigenvalue weighted by Crippen LogP contribution is 2.20. The van der Waals surface area contributed by atoms with E-state index in [-0.39, 0.29) is 11.7 Å². The normalized spacial score (nSPS) is 12.4. The lowest BCUT2D eigenvalue weighted by atomic mass is 10.1. The van der Waals surface area contributed by atoms with Crippen LogP contribution in [0.4, 0.5) is 5.69 Å². The Morgan fingerprint density at radius 2 is 1.80 bits per heavy atom. The molecule has 0 aliphatic carbocycles. The fourth-order valence-corrected chi connectivity index (χ4v) is 1.96. The van der Waals surface area contributed by atoms with Gasteiger partial charge < -0.3 is 0 Å². The number of nitro groups is 1. The molecule has 0 saturated heterocycles. The van der Waals surface area contributed by atoms with Crippen LogP contribution in [-0.2, 0) is 0 Å². The predicted octanol–water partition coefficient (Wildman–Crippen LogP) is 4.17. The molecule has 0 amide bonds. The molecule has 0 aliphatic rings. The van der Waals surface area contributed by atoms with Gasteiger partial charge >= 0.3 is 0 Å². The molecule has 0 fully saturated rings. The van der Waals surface area contributed by atoms with Crippen molar-refractivity contribution in [2.24, 2.45) is 4.99 Å². The Balaban J connectivity index is 2.13. The molecule has 0 aliphatic heterocycles. The zero-order valence-electron chi connectivity index (χ0n) is 11.3. The number of non-ortho nitro benzene ring substituents is 1. The smallest absolute Gasteiger partial charge is 0.269 e. The van der Waals surface area contributed by atoms with Crippen molar-refractivity contribution >= 4 is 11.9 Å². The van der Waals surface area contributed by atoms with Crippen molar-refractivity contribution in [3.63, 3.8) is 0 Å². The van der Waals surface area contributed by atoms with Gasteiger partial charge in [-0.25, -0.2) is 0 Å². The average molecular weight is 268 g/mol. The Labute approximate surface area is 117 Å². The summed E-state index contributed by atoms with van der Waals surface area (Å²) in [5, 5.41) is 10.6. The molecule has 2 rings (SSSR count). The number of hydrogen-bond donors (Lipinski definition) is 0. The van der Waals surface area contributed by atoms with Gasteiger partial charge in [-0.05, 0) is 29.7 Å². The number of rotatable bonds is 5. The summed E-state index contributed by atoms with van der Waals surface area (Å²) in [5.74, 6) is 0. The van der Waals surface area contributed by atoms with Crippen molar-refractivity contribution in [2.45, 2.75) is 19.4 Å². The van der Waals surface area contributed by atoms with Crippen LogP contribution >= 0.6 is 0 Å². The van der Waals surface area contributed by atoms with E-state index in [9.17, 15) is 10.1 Å². The molecule has 2 aromatic carbocycles. The molecule has 0 saturated carbocycles. The monoisotopic (exact) mass is 268 g/mol. The van der Waals surface area contributed by atoms with E-state index in [0.29, 0.717) is 0 Å². The maximum atomic E-state index is 10.6. The van der Waals surface area contributed by atoms with Crippen molar-refractivity contribution in [2.75, 3.05) is 0 Å². The summed E-state index contributed by atoms with van der Waals surface area (Å²) in [4.78, 5) is 14.7. The van der Waals surface area contributed by atoms with E-state index in [1.807, 2.05) is 18.2 Å². The number of benzene rings is 2. The molecule has 0 heterocycles. The number of aliphatic imine (C=N–C) groups is 1. The molecule has 0 bridgehead atoms. The first-order chi connectivity index (χ1) is 9.70. The van der Waals surface area contributed by atoms with E-state index in [4.69, 9.17) is 0 Å². The number of nitro benzene ring substituents is 1. The SMILES string of the molecule is CC[C@@H](N=Cc1ccc([N+](=O)[O-])cc1)c1ccccc1. The third kappa shape index (κ3) is 3.51. The lowest BCUT2D eigenvalue weighted by molar-refractivity contribution is -0.384. The largest absolute Gasteiger partial charge is 0.284 e. The van der Waals surface area contributed by atoms with E-state index < -0.39 is 4.92 Å². The predicted molar refractivity (Wildman–Crippen MR) is 80.2 cm³/mol. The lowest BCUT2D eigenvalue weighted by Gasteiger charge is -2.09. The van der Waals surface area contributed by atoms with E-state index in [0.717, 1.165) is 12.0 Å². The van der Waals surface area contributed by atoms with Crippen LogP contribution in [0.1, 0.15) is 30.5 Å². The first-order valence-corrected chi connectivity index (χ1v) is 6.53. The van der Waals surface area contributed by atoms with Crippen LogP contribution in [0.3, 0.4) is 0 Å². The Bertz CT molecular complexity index is 592. The highest BCUT2D eigenvalue weighted by molar-refractivity contribution is 5.80. The first-order valence-electron chi connectivity index (χ1n) is 6.53. The minimum atomic E-state index is -0.403. The van der Waals surface area contributed by atoms with Crippen LogP contribution in [0.15, 0.2) is 59.6 Å². The van der Waals surface area contributed by atoms with Crippen LogP contribution < -0.4 is 0 Å². The molecule has 1 atom stereocenters. The molecule has 0 radical (unpaired) electrons. The summed E-state index contributed by atoms with van der Waals surface area (Å²) in [6.07, 6.45) is 2.68. The van der Waals surface area contributed by atoms with Crippen molar-refractivity contribution in [1.29, 1.82) is 0 Å². The topological polar surface area (TPSA) is 55.5 Å². The standard InChI is InChI=1S/C16H16N2O2/c1-2-16(14-6-4-3-5-7-14)17-12-13-8-10-15(11-9-13)18(19)20/h3-12,16H,2H2,1H3/t16-/m1/s1. The zero-order chi connectivity index (χ0) is 14.4. The van der Waals surface area contributed by atoms with Crippen LogP contribution in [0.5, 0.6) is 0 Å². The first kappa shape index (κ1) is 13.9. The van der Waals surface area contributed by atoms with Crippen LogP contribution in [-0.4, -0.2) is 11.1 Å². The van der Waals surface area contributed by atoms with Crippen LogP contribution in [0, 0.1) is 10.1 Å². The van der Waals surface area contributed by atoms with E-state index in [1.54, 1.807) is 18.3 Å². The maximum absolute atomic E-state index is 10.6. The van der Waals surface area contributed by atoms with Gasteiger partial charge in [0.1, 0.15) is 0 Å². The Kier molecular flexibility index (Phi) is 4.60. The zero-order valence-corrected chi connectivity index (χ0v) is 11.3. The van der Waals surface area contributed by atoms with Crippen molar-refractivity contribution in [3.05, 3.63) is 75.8 Å². The summed E-state index contributed by atoms with van der Waals surface area (Å²) < 4.78 is 0. The summed E-state index contributed by atoms with van der Waals surface area (Å²) >= 11 is 0. The Hall–Kier alpha value is -2.49. The summed E-state index contributed by atoms with van der Waals surface area (Å²) in [7, 11) is 0. The fraction of sp³-hybridized carbons (Fsp3) is 0.188. The molecule has 0 N–H and O–H groups in total. The molecule has 0 aromatic heterocycles. The van der Waals surface area contributed by atoms with E-state index >= 15 is 0 Å². The van der Waals surface area contributed by atoms with Crippen molar-refractivity contribution in [1.82, 2.24) is 0 Å². The van der Waals surface area contributed by atoms with Crippen LogP contribution in [0.25, 0.3) is 0 Å². The molecule has 20 heavy (non-hydrogen) atoms. The van der Waals surface area contributed by atoms with Gasteiger partial charge in [-0.1, -0.05) is 37.3 Å². The molecule has 102 valence electrons. The molecular formula is C16H16N2O2. The lowest BCUT2D eigenvalue weighted by Crippen LogP contribution is -1.95.